The Labute approximate surface area is 180 Å². The second kappa shape index (κ2) is 10.6. The normalized spacial score (nSPS) is 12.3. The lowest BCUT2D eigenvalue weighted by Crippen LogP contribution is -2.29. The third-order valence-electron chi connectivity index (χ3n) is 4.01. The van der Waals surface area contributed by atoms with Crippen molar-refractivity contribution in [1.29, 1.82) is 0 Å². The number of nitrogens with one attached hydrogen (secondary N) is 1. The van der Waals surface area contributed by atoms with Crippen LogP contribution in [0.5, 0.6) is 11.5 Å². The van der Waals surface area contributed by atoms with E-state index in [4.69, 9.17) is 19.3 Å². The zero-order valence-electron chi connectivity index (χ0n) is 17.3. The SMILES string of the molecule is CCOc1ccc(/C=C/C(=O)O[C@H](C)C(=O)Nc2ccc(S(N)(=O)=O)cc2)cc1OC. The first-order chi connectivity index (χ1) is 14.6. The molecule has 2 aromatic carbocycles. The van der Waals surface area contributed by atoms with Gasteiger partial charge in [-0.25, -0.2) is 18.4 Å². The molecule has 0 aromatic heterocycles. The highest BCUT2D eigenvalue weighted by Gasteiger charge is 2.17. The maximum Gasteiger partial charge on any atom is 0.331 e. The standard InChI is InChI=1S/C21H24N2O7S/c1-4-29-18-11-5-15(13-19(18)28-3)6-12-20(24)30-14(2)21(25)23-16-7-9-17(10-8-16)31(22,26)27/h5-14H,4H2,1-3H3,(H,23,25)(H2,22,26,27)/b12-6+/t14-/m1/s1. The summed E-state index contributed by atoms with van der Waals surface area (Å²) in [5.74, 6) is -0.168. The lowest BCUT2D eigenvalue weighted by molar-refractivity contribution is -0.148. The molecular formula is C21H24N2O7S. The Balaban J connectivity index is 1.94. The number of sulfonamides is 1. The van der Waals surface area contributed by atoms with E-state index in [9.17, 15) is 18.0 Å². The van der Waals surface area contributed by atoms with E-state index in [0.717, 1.165) is 0 Å². The van der Waals surface area contributed by atoms with E-state index in [1.54, 1.807) is 18.2 Å². The molecule has 0 unspecified atom stereocenters. The Morgan fingerprint density at radius 1 is 1.13 bits per heavy atom. The van der Waals surface area contributed by atoms with Crippen molar-refractivity contribution in [2.45, 2.75) is 24.8 Å². The van der Waals surface area contributed by atoms with Crippen molar-refractivity contribution < 1.29 is 32.2 Å². The van der Waals surface area contributed by atoms with Crippen LogP contribution >= 0.6 is 0 Å². The Morgan fingerprint density at radius 2 is 1.81 bits per heavy atom. The van der Waals surface area contributed by atoms with Crippen molar-refractivity contribution >= 4 is 33.7 Å². The molecule has 1 amide bonds. The number of amides is 1. The van der Waals surface area contributed by atoms with Crippen molar-refractivity contribution in [2.24, 2.45) is 5.14 Å². The fraction of sp³-hybridized carbons (Fsp3) is 0.238. The zero-order chi connectivity index (χ0) is 23.0. The topological polar surface area (TPSA) is 134 Å². The Morgan fingerprint density at radius 3 is 2.39 bits per heavy atom. The van der Waals surface area contributed by atoms with Gasteiger partial charge in [-0.2, -0.15) is 0 Å². The Bertz CT molecular complexity index is 1060. The van der Waals surface area contributed by atoms with Gasteiger partial charge in [-0.15, -0.1) is 0 Å². The molecule has 0 spiro atoms. The third kappa shape index (κ3) is 7.12. The fourth-order valence-corrected chi connectivity index (χ4v) is 2.98. The number of anilines is 1. The Kier molecular flexibility index (Phi) is 8.17. The molecule has 1 atom stereocenters. The number of methoxy groups -OCH3 is 1. The van der Waals surface area contributed by atoms with Crippen LogP contribution < -0.4 is 19.9 Å². The molecule has 9 nitrogen and oxygen atoms in total. The van der Waals surface area contributed by atoms with Crippen molar-refractivity contribution in [2.75, 3.05) is 19.0 Å². The summed E-state index contributed by atoms with van der Waals surface area (Å²) in [6, 6.07) is 10.5. The van der Waals surface area contributed by atoms with Crippen molar-refractivity contribution in [3.05, 3.63) is 54.1 Å². The molecule has 0 radical (unpaired) electrons. The van der Waals surface area contributed by atoms with Crippen molar-refractivity contribution in [1.82, 2.24) is 0 Å². The molecule has 10 heteroatoms. The number of ether oxygens (including phenoxy) is 3. The minimum Gasteiger partial charge on any atom is -0.493 e. The molecule has 0 aliphatic rings. The smallest absolute Gasteiger partial charge is 0.331 e. The average Bonchev–Trinajstić information content (AvgIpc) is 2.72. The first-order valence-electron chi connectivity index (χ1n) is 9.27. The highest BCUT2D eigenvalue weighted by atomic mass is 32.2. The summed E-state index contributed by atoms with van der Waals surface area (Å²) >= 11 is 0. The van der Waals surface area contributed by atoms with Crippen LogP contribution in [0, 0.1) is 0 Å². The molecule has 0 fully saturated rings. The van der Waals surface area contributed by atoms with Gasteiger partial charge in [-0.1, -0.05) is 6.07 Å². The molecule has 0 heterocycles. The predicted octanol–water partition coefficient (Wildman–Crippen LogP) is 2.32. The summed E-state index contributed by atoms with van der Waals surface area (Å²) in [4.78, 5) is 24.2. The predicted molar refractivity (Wildman–Crippen MR) is 115 cm³/mol. The number of esters is 1. The van der Waals surface area contributed by atoms with Crippen LogP contribution in [0.3, 0.4) is 0 Å². The monoisotopic (exact) mass is 448 g/mol. The highest BCUT2D eigenvalue weighted by molar-refractivity contribution is 7.89. The summed E-state index contributed by atoms with van der Waals surface area (Å²) in [6.45, 7) is 3.77. The van der Waals surface area contributed by atoms with Crippen LogP contribution in [0.1, 0.15) is 19.4 Å². The van der Waals surface area contributed by atoms with Gasteiger partial charge in [0.05, 0.1) is 18.6 Å². The molecule has 166 valence electrons. The number of benzene rings is 2. The molecule has 0 aliphatic heterocycles. The zero-order valence-corrected chi connectivity index (χ0v) is 18.1. The van der Waals surface area contributed by atoms with E-state index >= 15 is 0 Å². The van der Waals surface area contributed by atoms with E-state index < -0.39 is 28.0 Å². The van der Waals surface area contributed by atoms with Gasteiger partial charge < -0.3 is 19.5 Å². The van der Waals surface area contributed by atoms with Crippen LogP contribution in [-0.2, 0) is 24.3 Å². The molecule has 3 N–H and O–H groups in total. The number of primary sulfonamides is 1. The summed E-state index contributed by atoms with van der Waals surface area (Å²) in [5.41, 5.74) is 1.02. The van der Waals surface area contributed by atoms with Gasteiger partial charge in [-0.05, 0) is 61.9 Å². The minimum atomic E-state index is -3.82. The van der Waals surface area contributed by atoms with Crippen LogP contribution in [-0.4, -0.2) is 40.1 Å². The van der Waals surface area contributed by atoms with Gasteiger partial charge in [-0.3, -0.25) is 4.79 Å². The largest absolute Gasteiger partial charge is 0.493 e. The Hall–Kier alpha value is -3.37. The molecule has 0 saturated carbocycles. The molecular weight excluding hydrogens is 424 g/mol. The van der Waals surface area contributed by atoms with Gasteiger partial charge in [0, 0.05) is 11.8 Å². The van der Waals surface area contributed by atoms with Gasteiger partial charge in [0.1, 0.15) is 0 Å². The molecule has 0 bridgehead atoms. The van der Waals surface area contributed by atoms with E-state index in [-0.39, 0.29) is 4.90 Å². The average molecular weight is 448 g/mol. The highest BCUT2D eigenvalue weighted by Crippen LogP contribution is 2.28. The number of carbonyl (C=O) groups excluding carboxylic acids is 2. The lowest BCUT2D eigenvalue weighted by Gasteiger charge is -2.12. The number of carbonyl (C=O) groups is 2. The van der Waals surface area contributed by atoms with Crippen LogP contribution in [0.2, 0.25) is 0 Å². The van der Waals surface area contributed by atoms with E-state index in [1.807, 2.05) is 6.92 Å². The molecule has 31 heavy (non-hydrogen) atoms. The summed E-state index contributed by atoms with van der Waals surface area (Å²) in [7, 11) is -2.31. The first-order valence-corrected chi connectivity index (χ1v) is 10.8. The van der Waals surface area contributed by atoms with E-state index in [0.29, 0.717) is 29.4 Å². The molecule has 2 rings (SSSR count). The lowest BCUT2D eigenvalue weighted by atomic mass is 10.2. The summed E-state index contributed by atoms with van der Waals surface area (Å²) in [5, 5.41) is 7.55. The molecule has 2 aromatic rings. The van der Waals surface area contributed by atoms with E-state index in [1.165, 1.54) is 50.5 Å². The second-order valence-corrected chi connectivity index (χ2v) is 7.88. The fourth-order valence-electron chi connectivity index (χ4n) is 2.47. The molecule has 0 saturated heterocycles. The summed E-state index contributed by atoms with van der Waals surface area (Å²) < 4.78 is 38.3. The second-order valence-electron chi connectivity index (χ2n) is 6.31. The number of hydrogen-bond donors (Lipinski definition) is 2. The van der Waals surface area contributed by atoms with Gasteiger partial charge in [0.2, 0.25) is 10.0 Å². The van der Waals surface area contributed by atoms with Gasteiger partial charge in [0.25, 0.3) is 5.91 Å². The molecule has 0 aliphatic carbocycles. The van der Waals surface area contributed by atoms with Gasteiger partial charge >= 0.3 is 5.97 Å². The van der Waals surface area contributed by atoms with Gasteiger partial charge in [0.15, 0.2) is 17.6 Å². The van der Waals surface area contributed by atoms with Crippen LogP contribution in [0.4, 0.5) is 5.69 Å². The minimum absolute atomic E-state index is 0.0824. The van der Waals surface area contributed by atoms with Crippen molar-refractivity contribution in [3.63, 3.8) is 0 Å². The maximum atomic E-state index is 12.2. The number of nitrogens with two attached hydrogens (primary N) is 1. The van der Waals surface area contributed by atoms with Crippen LogP contribution in [0.25, 0.3) is 6.08 Å². The van der Waals surface area contributed by atoms with Crippen molar-refractivity contribution in [3.8, 4) is 11.5 Å². The first kappa shape index (κ1) is 23.9. The van der Waals surface area contributed by atoms with Crippen LogP contribution in [0.15, 0.2) is 53.4 Å². The third-order valence-corrected chi connectivity index (χ3v) is 4.94. The summed E-state index contributed by atoms with van der Waals surface area (Å²) in [6.07, 6.45) is 1.64. The maximum absolute atomic E-state index is 12.2. The number of hydrogen-bond acceptors (Lipinski definition) is 7. The quantitative estimate of drug-likeness (QED) is 0.444. The number of rotatable bonds is 9. The van der Waals surface area contributed by atoms with E-state index in [2.05, 4.69) is 5.32 Å².